The number of hydrogen-bond acceptors (Lipinski definition) is 7. The van der Waals surface area contributed by atoms with Crippen molar-refractivity contribution in [2.24, 2.45) is 0 Å². The summed E-state index contributed by atoms with van der Waals surface area (Å²) in [5.41, 5.74) is 1.10. The van der Waals surface area contributed by atoms with E-state index in [0.29, 0.717) is 11.3 Å². The van der Waals surface area contributed by atoms with Gasteiger partial charge in [0, 0.05) is 31.1 Å². The van der Waals surface area contributed by atoms with Gasteiger partial charge in [-0.05, 0) is 43.2 Å². The molecule has 0 aliphatic carbocycles. The van der Waals surface area contributed by atoms with Crippen molar-refractivity contribution >= 4 is 33.2 Å². The Kier molecular flexibility index (Phi) is 10.4. The third-order valence-corrected chi connectivity index (χ3v) is 7.34. The van der Waals surface area contributed by atoms with Gasteiger partial charge < -0.3 is 15.0 Å². The molecule has 3 aromatic rings. The van der Waals surface area contributed by atoms with E-state index in [1.54, 1.807) is 38.1 Å². The lowest BCUT2D eigenvalue weighted by molar-refractivity contribution is -0.384. The summed E-state index contributed by atoms with van der Waals surface area (Å²) in [4.78, 5) is 39.6. The normalized spacial score (nSPS) is 11.9. The predicted molar refractivity (Wildman–Crippen MR) is 156 cm³/mol. The van der Waals surface area contributed by atoms with Crippen LogP contribution in [0, 0.1) is 10.1 Å². The van der Waals surface area contributed by atoms with Gasteiger partial charge in [0.05, 0.1) is 24.0 Å². The highest BCUT2D eigenvalue weighted by Gasteiger charge is 2.33. The van der Waals surface area contributed by atoms with E-state index in [-0.39, 0.29) is 30.4 Å². The zero-order valence-electron chi connectivity index (χ0n) is 23.4. The molecule has 0 saturated carbocycles. The Hall–Kier alpha value is -4.45. The highest BCUT2D eigenvalue weighted by Crippen LogP contribution is 2.25. The van der Waals surface area contributed by atoms with Crippen molar-refractivity contribution < 1.29 is 27.7 Å². The van der Waals surface area contributed by atoms with Crippen LogP contribution in [0.25, 0.3) is 0 Å². The van der Waals surface area contributed by atoms with Crippen molar-refractivity contribution in [3.05, 3.63) is 100 Å². The zero-order valence-corrected chi connectivity index (χ0v) is 24.2. The molecule has 12 heteroatoms. The Morgan fingerprint density at radius 2 is 1.63 bits per heavy atom. The van der Waals surface area contributed by atoms with Gasteiger partial charge in [-0.25, -0.2) is 8.42 Å². The lowest BCUT2D eigenvalue weighted by atomic mass is 10.0. The first-order valence-corrected chi connectivity index (χ1v) is 14.7. The van der Waals surface area contributed by atoms with Crippen molar-refractivity contribution in [1.82, 2.24) is 10.2 Å². The molecule has 0 aliphatic rings. The van der Waals surface area contributed by atoms with Crippen molar-refractivity contribution in [2.45, 2.75) is 38.9 Å². The van der Waals surface area contributed by atoms with Crippen molar-refractivity contribution in [1.29, 1.82) is 0 Å². The Bertz CT molecular complexity index is 1480. The Morgan fingerprint density at radius 3 is 2.24 bits per heavy atom. The number of nitro groups is 1. The number of nitrogens with one attached hydrogen (secondary N) is 1. The number of nitrogens with zero attached hydrogens (tertiary/aromatic N) is 3. The van der Waals surface area contributed by atoms with Gasteiger partial charge in [0.15, 0.2) is 0 Å². The number of non-ortho nitro benzene ring substituents is 1. The molecule has 0 bridgehead atoms. The van der Waals surface area contributed by atoms with Crippen molar-refractivity contribution in [2.75, 3.05) is 24.2 Å². The van der Waals surface area contributed by atoms with E-state index in [2.05, 4.69) is 5.32 Å². The molecule has 0 heterocycles. The number of carbonyl (C=O) groups is 2. The van der Waals surface area contributed by atoms with Crippen molar-refractivity contribution in [3.8, 4) is 5.75 Å². The number of nitro benzene ring substituents is 1. The molecule has 0 spiro atoms. The zero-order chi connectivity index (χ0) is 30.2. The topological polar surface area (TPSA) is 139 Å². The number of methoxy groups -OCH3 is 1. The minimum absolute atomic E-state index is 0.0222. The van der Waals surface area contributed by atoms with E-state index < -0.39 is 39.3 Å². The van der Waals surface area contributed by atoms with E-state index in [4.69, 9.17) is 4.74 Å². The largest absolute Gasteiger partial charge is 0.497 e. The number of carbonyl (C=O) groups excluding carboxylic acids is 2. The SMILES string of the molecule is COc1cccc(CN(C(=O)CN(c2cccc([N+](=O)[O-])c2)S(C)(=O)=O)C(Cc2ccccc2)C(=O)NC(C)C)c1. The molecule has 0 aromatic heterocycles. The van der Waals surface area contributed by atoms with Crippen LogP contribution < -0.4 is 14.4 Å². The number of amides is 2. The van der Waals surface area contributed by atoms with Crippen LogP contribution in [0.15, 0.2) is 78.9 Å². The monoisotopic (exact) mass is 582 g/mol. The second-order valence-electron chi connectivity index (χ2n) is 9.79. The molecule has 11 nitrogen and oxygen atoms in total. The lowest BCUT2D eigenvalue weighted by Gasteiger charge is -2.34. The molecule has 218 valence electrons. The summed E-state index contributed by atoms with van der Waals surface area (Å²) in [6.07, 6.45) is 1.09. The second kappa shape index (κ2) is 13.8. The average molecular weight is 583 g/mol. The van der Waals surface area contributed by atoms with Gasteiger partial charge in [0.1, 0.15) is 18.3 Å². The van der Waals surface area contributed by atoms with Crippen molar-refractivity contribution in [3.63, 3.8) is 0 Å². The number of anilines is 1. The molecular weight excluding hydrogens is 548 g/mol. The summed E-state index contributed by atoms with van der Waals surface area (Å²) in [5.74, 6) is -0.513. The molecule has 41 heavy (non-hydrogen) atoms. The highest BCUT2D eigenvalue weighted by atomic mass is 32.2. The molecule has 2 amide bonds. The van der Waals surface area contributed by atoms with Crippen LogP contribution in [0.1, 0.15) is 25.0 Å². The second-order valence-corrected chi connectivity index (χ2v) is 11.7. The fraction of sp³-hybridized carbons (Fsp3) is 0.310. The van der Waals surface area contributed by atoms with Gasteiger partial charge in [-0.15, -0.1) is 0 Å². The smallest absolute Gasteiger partial charge is 0.271 e. The van der Waals surface area contributed by atoms with E-state index in [9.17, 15) is 28.1 Å². The van der Waals surface area contributed by atoms with Crippen LogP contribution in [0.3, 0.4) is 0 Å². The van der Waals surface area contributed by atoms with Gasteiger partial charge >= 0.3 is 0 Å². The fourth-order valence-corrected chi connectivity index (χ4v) is 5.12. The maximum atomic E-state index is 14.0. The van der Waals surface area contributed by atoms with Crippen LogP contribution >= 0.6 is 0 Å². The van der Waals surface area contributed by atoms with Crippen LogP contribution in [-0.2, 0) is 32.6 Å². The third-order valence-electron chi connectivity index (χ3n) is 6.20. The molecule has 1 N–H and O–H groups in total. The summed E-state index contributed by atoms with van der Waals surface area (Å²) in [6, 6.07) is 20.0. The lowest BCUT2D eigenvalue weighted by Crippen LogP contribution is -2.54. The Morgan fingerprint density at radius 1 is 0.976 bits per heavy atom. The summed E-state index contributed by atoms with van der Waals surface area (Å²) in [7, 11) is -2.54. The molecule has 0 radical (unpaired) electrons. The number of rotatable bonds is 13. The Balaban J connectivity index is 2.09. The first-order valence-electron chi connectivity index (χ1n) is 12.9. The third kappa shape index (κ3) is 8.77. The molecule has 3 rings (SSSR count). The molecule has 0 saturated heterocycles. The average Bonchev–Trinajstić information content (AvgIpc) is 2.93. The quantitative estimate of drug-likeness (QED) is 0.240. The Labute approximate surface area is 239 Å². The molecular formula is C29H34N4O7S. The van der Waals surface area contributed by atoms with Gasteiger partial charge in [-0.3, -0.25) is 24.0 Å². The molecule has 1 atom stereocenters. The van der Waals surface area contributed by atoms with Gasteiger partial charge in [-0.1, -0.05) is 48.5 Å². The van der Waals surface area contributed by atoms with E-state index in [1.165, 1.54) is 30.2 Å². The molecule has 3 aromatic carbocycles. The highest BCUT2D eigenvalue weighted by molar-refractivity contribution is 7.92. The van der Waals surface area contributed by atoms with E-state index in [0.717, 1.165) is 22.2 Å². The number of benzene rings is 3. The van der Waals surface area contributed by atoms with Gasteiger partial charge in [0.2, 0.25) is 21.8 Å². The standard InChI is InChI=1S/C29H34N4O7S/c1-21(2)30-29(35)27(17-22-10-6-5-7-11-22)31(19-23-12-8-15-26(16-23)40-3)28(34)20-32(41(4,38)39)24-13-9-14-25(18-24)33(36)37/h5-16,18,21,27H,17,19-20H2,1-4H3,(H,30,35). The minimum atomic E-state index is -4.05. The first-order chi connectivity index (χ1) is 19.4. The van der Waals surface area contributed by atoms with E-state index >= 15 is 0 Å². The first kappa shape index (κ1) is 31.1. The number of ether oxygens (including phenoxy) is 1. The van der Waals surface area contributed by atoms with Gasteiger partial charge in [0.25, 0.3) is 5.69 Å². The maximum absolute atomic E-state index is 14.0. The summed E-state index contributed by atoms with van der Waals surface area (Å²) < 4.78 is 31.8. The van der Waals surface area contributed by atoms with Crippen LogP contribution in [0.5, 0.6) is 5.75 Å². The maximum Gasteiger partial charge on any atom is 0.271 e. The van der Waals surface area contributed by atoms with Gasteiger partial charge in [-0.2, -0.15) is 0 Å². The minimum Gasteiger partial charge on any atom is -0.497 e. The molecule has 0 aliphatic heterocycles. The number of hydrogen-bond donors (Lipinski definition) is 1. The summed E-state index contributed by atoms with van der Waals surface area (Å²) >= 11 is 0. The molecule has 1 unspecified atom stereocenters. The molecule has 0 fully saturated rings. The summed E-state index contributed by atoms with van der Waals surface area (Å²) in [6.45, 7) is 2.91. The number of sulfonamides is 1. The fourth-order valence-electron chi connectivity index (χ4n) is 4.28. The summed E-state index contributed by atoms with van der Waals surface area (Å²) in [5, 5.41) is 14.2. The van der Waals surface area contributed by atoms with Crippen LogP contribution in [-0.4, -0.2) is 62.0 Å². The van der Waals surface area contributed by atoms with Crippen LogP contribution in [0.4, 0.5) is 11.4 Å². The van der Waals surface area contributed by atoms with E-state index in [1.807, 2.05) is 30.3 Å². The van der Waals surface area contributed by atoms with Crippen LogP contribution in [0.2, 0.25) is 0 Å². The predicted octanol–water partition coefficient (Wildman–Crippen LogP) is 3.53.